The third-order valence-corrected chi connectivity index (χ3v) is 2.95. The Bertz CT molecular complexity index is 618. The monoisotopic (exact) mass is 315 g/mol. The minimum atomic E-state index is -4.72. The first kappa shape index (κ1) is 16.4. The molecule has 0 saturated heterocycles. The average Bonchev–Trinajstić information content (AvgIpc) is 2.82. The number of ether oxygens (including phenoxy) is 1. The zero-order chi connectivity index (χ0) is 16.3. The van der Waals surface area contributed by atoms with Crippen LogP contribution in [-0.2, 0) is 6.42 Å². The van der Waals surface area contributed by atoms with Gasteiger partial charge < -0.3 is 14.3 Å². The van der Waals surface area contributed by atoms with Crippen molar-refractivity contribution in [2.45, 2.75) is 32.5 Å². The predicted octanol–water partition coefficient (Wildman–Crippen LogP) is 3.90. The van der Waals surface area contributed by atoms with Gasteiger partial charge in [0.15, 0.2) is 0 Å². The van der Waals surface area contributed by atoms with E-state index in [0.717, 1.165) is 5.69 Å². The number of aromatic nitrogens is 1. The number of alkyl halides is 3. The van der Waals surface area contributed by atoms with E-state index in [1.807, 2.05) is 13.8 Å². The van der Waals surface area contributed by atoms with Crippen molar-refractivity contribution >= 4 is 0 Å². The summed E-state index contributed by atoms with van der Waals surface area (Å²) >= 11 is 0. The molecule has 120 valence electrons. The van der Waals surface area contributed by atoms with E-state index >= 15 is 0 Å². The summed E-state index contributed by atoms with van der Waals surface area (Å²) in [6, 6.07) is 5.29. The maximum Gasteiger partial charge on any atom is 0.573 e. The molecule has 2 aromatic rings. The highest BCUT2D eigenvalue weighted by molar-refractivity contribution is 5.55. The largest absolute Gasteiger partial charge is 0.573 e. The van der Waals surface area contributed by atoms with Gasteiger partial charge in [-0.25, -0.2) is 4.98 Å². The average molecular weight is 315 g/mol. The summed E-state index contributed by atoms with van der Waals surface area (Å²) in [5.41, 5.74) is 1.28. The van der Waals surface area contributed by atoms with Crippen LogP contribution in [0.4, 0.5) is 13.2 Å². The van der Waals surface area contributed by atoms with Gasteiger partial charge in [0.05, 0.1) is 12.3 Å². The van der Waals surface area contributed by atoms with Crippen LogP contribution in [0.2, 0.25) is 0 Å². The highest BCUT2D eigenvalue weighted by Gasteiger charge is 2.31. The summed E-state index contributed by atoms with van der Waals surface area (Å²) in [6.07, 6.45) is -4.38. The molecule has 0 aliphatic carbocycles. The number of aliphatic hydroxyl groups excluding tert-OH is 1. The highest BCUT2D eigenvalue weighted by atomic mass is 19.4. The smallest absolute Gasteiger partial charge is 0.441 e. The summed E-state index contributed by atoms with van der Waals surface area (Å²) in [5.74, 6) is 0.711. The van der Waals surface area contributed by atoms with Crippen LogP contribution in [0.1, 0.15) is 31.2 Å². The SMILES string of the molecule is CC(C)c1nc(-c2ccc(OC(F)(F)F)cc2)oc1CCO. The second-order valence-electron chi connectivity index (χ2n) is 5.03. The molecule has 0 aliphatic heterocycles. The first-order valence-electron chi connectivity index (χ1n) is 6.77. The number of hydrogen-bond donors (Lipinski definition) is 1. The zero-order valence-corrected chi connectivity index (χ0v) is 12.1. The van der Waals surface area contributed by atoms with Crippen molar-refractivity contribution in [3.05, 3.63) is 35.7 Å². The Morgan fingerprint density at radius 1 is 1.23 bits per heavy atom. The van der Waals surface area contributed by atoms with E-state index in [1.165, 1.54) is 24.3 Å². The van der Waals surface area contributed by atoms with E-state index in [-0.39, 0.29) is 18.3 Å². The van der Waals surface area contributed by atoms with Crippen molar-refractivity contribution in [3.8, 4) is 17.2 Å². The van der Waals surface area contributed by atoms with E-state index in [1.54, 1.807) is 0 Å². The number of halogens is 3. The van der Waals surface area contributed by atoms with Gasteiger partial charge in [-0.3, -0.25) is 0 Å². The quantitative estimate of drug-likeness (QED) is 0.909. The fraction of sp³-hybridized carbons (Fsp3) is 0.400. The first-order chi connectivity index (χ1) is 10.3. The molecule has 1 heterocycles. The second kappa shape index (κ2) is 6.39. The van der Waals surface area contributed by atoms with Gasteiger partial charge in [-0.2, -0.15) is 0 Å². The Balaban J connectivity index is 2.26. The van der Waals surface area contributed by atoms with Gasteiger partial charge >= 0.3 is 6.36 Å². The molecular weight excluding hydrogens is 299 g/mol. The number of benzene rings is 1. The number of nitrogens with zero attached hydrogens (tertiary/aromatic N) is 1. The molecule has 0 saturated carbocycles. The molecule has 0 spiro atoms. The van der Waals surface area contributed by atoms with Gasteiger partial charge in [-0.1, -0.05) is 13.8 Å². The van der Waals surface area contributed by atoms with E-state index in [0.29, 0.717) is 23.6 Å². The Kier molecular flexibility index (Phi) is 4.75. The lowest BCUT2D eigenvalue weighted by Crippen LogP contribution is -2.16. The Hall–Kier alpha value is -2.02. The molecule has 0 bridgehead atoms. The van der Waals surface area contributed by atoms with Crippen LogP contribution in [0.3, 0.4) is 0 Å². The van der Waals surface area contributed by atoms with E-state index in [4.69, 9.17) is 9.52 Å². The van der Waals surface area contributed by atoms with E-state index < -0.39 is 6.36 Å². The van der Waals surface area contributed by atoms with Crippen molar-refractivity contribution in [1.82, 2.24) is 4.98 Å². The maximum atomic E-state index is 12.1. The summed E-state index contributed by atoms with van der Waals surface area (Å²) in [4.78, 5) is 4.36. The fourth-order valence-electron chi connectivity index (χ4n) is 2.02. The molecule has 0 fully saturated rings. The van der Waals surface area contributed by atoms with Crippen LogP contribution in [0.5, 0.6) is 5.75 Å². The molecule has 0 radical (unpaired) electrons. The first-order valence-corrected chi connectivity index (χ1v) is 6.77. The maximum absolute atomic E-state index is 12.1. The second-order valence-corrected chi connectivity index (χ2v) is 5.03. The fourth-order valence-corrected chi connectivity index (χ4v) is 2.02. The lowest BCUT2D eigenvalue weighted by molar-refractivity contribution is -0.274. The molecule has 1 N–H and O–H groups in total. The summed E-state index contributed by atoms with van der Waals surface area (Å²) in [5, 5.41) is 9.04. The summed E-state index contributed by atoms with van der Waals surface area (Å²) < 4.78 is 45.8. The Labute approximate surface area is 125 Å². The molecule has 4 nitrogen and oxygen atoms in total. The van der Waals surface area contributed by atoms with E-state index in [9.17, 15) is 13.2 Å². The predicted molar refractivity (Wildman–Crippen MR) is 73.5 cm³/mol. The van der Waals surface area contributed by atoms with E-state index in [2.05, 4.69) is 9.72 Å². The minimum Gasteiger partial charge on any atom is -0.441 e. The van der Waals surface area contributed by atoms with Gasteiger partial charge in [0, 0.05) is 12.0 Å². The minimum absolute atomic E-state index is 0.0628. The van der Waals surface area contributed by atoms with Crippen LogP contribution < -0.4 is 4.74 Å². The van der Waals surface area contributed by atoms with Gasteiger partial charge in [-0.05, 0) is 30.2 Å². The molecule has 7 heteroatoms. The number of hydrogen-bond acceptors (Lipinski definition) is 4. The van der Waals surface area contributed by atoms with Gasteiger partial charge in [0.1, 0.15) is 11.5 Å². The summed E-state index contributed by atoms with van der Waals surface area (Å²) in [6.45, 7) is 3.83. The lowest BCUT2D eigenvalue weighted by atomic mass is 10.1. The number of rotatable bonds is 5. The van der Waals surface area contributed by atoms with Crippen LogP contribution >= 0.6 is 0 Å². The molecule has 0 aliphatic rings. The lowest BCUT2D eigenvalue weighted by Gasteiger charge is -2.08. The Morgan fingerprint density at radius 3 is 2.36 bits per heavy atom. The molecular formula is C15H16F3NO3. The third-order valence-electron chi connectivity index (χ3n) is 2.95. The zero-order valence-electron chi connectivity index (χ0n) is 12.1. The standard InChI is InChI=1S/C15H16F3NO3/c1-9(2)13-12(7-8-20)21-14(19-13)10-3-5-11(6-4-10)22-15(16,17)18/h3-6,9,20H,7-8H2,1-2H3. The molecule has 2 rings (SSSR count). The molecule has 0 unspecified atom stereocenters. The highest BCUT2D eigenvalue weighted by Crippen LogP contribution is 2.29. The topological polar surface area (TPSA) is 55.5 Å². The van der Waals surface area contributed by atoms with Crippen molar-refractivity contribution < 1.29 is 27.4 Å². The number of aliphatic hydroxyl groups is 1. The van der Waals surface area contributed by atoms with Gasteiger partial charge in [0.25, 0.3) is 0 Å². The van der Waals surface area contributed by atoms with Crippen LogP contribution in [0, 0.1) is 0 Å². The normalized spacial score (nSPS) is 12.0. The van der Waals surface area contributed by atoms with Crippen molar-refractivity contribution in [3.63, 3.8) is 0 Å². The molecule has 0 amide bonds. The van der Waals surface area contributed by atoms with Gasteiger partial charge in [-0.15, -0.1) is 13.2 Å². The molecule has 22 heavy (non-hydrogen) atoms. The Morgan fingerprint density at radius 2 is 1.86 bits per heavy atom. The molecule has 1 aromatic carbocycles. The van der Waals surface area contributed by atoms with Gasteiger partial charge in [0.2, 0.25) is 5.89 Å². The molecule has 1 aromatic heterocycles. The molecule has 0 atom stereocenters. The van der Waals surface area contributed by atoms with Crippen molar-refractivity contribution in [2.75, 3.05) is 6.61 Å². The van der Waals surface area contributed by atoms with Crippen molar-refractivity contribution in [2.24, 2.45) is 0 Å². The van der Waals surface area contributed by atoms with Crippen molar-refractivity contribution in [1.29, 1.82) is 0 Å². The van der Waals surface area contributed by atoms with Crippen LogP contribution in [0.25, 0.3) is 11.5 Å². The third kappa shape index (κ3) is 4.00. The summed E-state index contributed by atoms with van der Waals surface area (Å²) in [7, 11) is 0. The number of oxazole rings is 1. The van der Waals surface area contributed by atoms with Crippen LogP contribution in [-0.4, -0.2) is 23.1 Å². The van der Waals surface area contributed by atoms with Crippen LogP contribution in [0.15, 0.2) is 28.7 Å².